The van der Waals surface area contributed by atoms with Crippen molar-refractivity contribution < 1.29 is 4.79 Å². The third-order valence-electron chi connectivity index (χ3n) is 1.36. The predicted molar refractivity (Wildman–Crippen MR) is 40.6 cm³/mol. The Bertz CT molecular complexity index is 272. The van der Waals surface area contributed by atoms with Gasteiger partial charge >= 0.3 is 0 Å². The molecule has 0 aliphatic heterocycles. The van der Waals surface area contributed by atoms with Gasteiger partial charge in [-0.1, -0.05) is 6.07 Å². The fourth-order valence-corrected chi connectivity index (χ4v) is 0.792. The number of carbonyl (C=O) groups excluding carboxylic acids is 1. The van der Waals surface area contributed by atoms with Gasteiger partial charge in [-0.15, -0.1) is 0 Å². The normalized spacial score (nSPS) is 9.27. The summed E-state index contributed by atoms with van der Waals surface area (Å²) in [5, 5.41) is 0. The number of rotatable bonds is 1. The number of nitrogens with zero attached hydrogens (tertiary/aromatic N) is 1. The Morgan fingerprint density at radius 2 is 2.45 bits per heavy atom. The van der Waals surface area contributed by atoms with Crippen molar-refractivity contribution in [3.63, 3.8) is 0 Å². The van der Waals surface area contributed by atoms with E-state index in [1.165, 1.54) is 0 Å². The van der Waals surface area contributed by atoms with E-state index in [0.717, 1.165) is 5.56 Å². The van der Waals surface area contributed by atoms with Crippen LogP contribution >= 0.6 is 0 Å². The highest BCUT2D eigenvalue weighted by molar-refractivity contribution is 5.93. The lowest BCUT2D eigenvalue weighted by atomic mass is 10.2. The second-order valence-electron chi connectivity index (χ2n) is 2.14. The Morgan fingerprint density at radius 3 is 3.00 bits per heavy atom. The van der Waals surface area contributed by atoms with E-state index in [2.05, 4.69) is 4.98 Å². The minimum absolute atomic E-state index is 0.358. The minimum Gasteiger partial charge on any atom is -0.289 e. The van der Waals surface area contributed by atoms with Crippen LogP contribution in [0.3, 0.4) is 0 Å². The Labute approximate surface area is 64.4 Å². The number of aryl methyl sites for hydroxylation is 1. The van der Waals surface area contributed by atoms with Crippen LogP contribution in [0, 0.1) is 6.92 Å². The first-order valence-corrected chi connectivity index (χ1v) is 3.18. The van der Waals surface area contributed by atoms with Gasteiger partial charge in [-0.3, -0.25) is 15.2 Å². The summed E-state index contributed by atoms with van der Waals surface area (Å²) in [6.07, 6.45) is 1.55. The maximum absolute atomic E-state index is 10.9. The Kier molecular flexibility index (Phi) is 2.18. The van der Waals surface area contributed by atoms with Gasteiger partial charge in [0.05, 0.1) is 0 Å². The van der Waals surface area contributed by atoms with Crippen LogP contribution in [-0.4, -0.2) is 10.9 Å². The average molecular weight is 151 g/mol. The molecule has 0 atom stereocenters. The lowest BCUT2D eigenvalue weighted by Gasteiger charge is -2.00. The molecule has 1 aromatic rings. The number of hydrogen-bond acceptors (Lipinski definition) is 3. The molecule has 0 saturated heterocycles. The van der Waals surface area contributed by atoms with Crippen molar-refractivity contribution in [3.05, 3.63) is 29.6 Å². The summed E-state index contributed by atoms with van der Waals surface area (Å²) in [6, 6.07) is 3.57. The Balaban J connectivity index is 3.03. The third kappa shape index (κ3) is 1.53. The predicted octanol–water partition coefficient (Wildman–Crippen LogP) is -0.00648. The molecule has 0 aliphatic rings. The zero-order chi connectivity index (χ0) is 8.27. The first-order chi connectivity index (χ1) is 5.25. The monoisotopic (exact) mass is 151 g/mol. The number of carbonyl (C=O) groups is 1. The topological polar surface area (TPSA) is 68.0 Å². The summed E-state index contributed by atoms with van der Waals surface area (Å²) in [5.41, 5.74) is 3.21. The lowest BCUT2D eigenvalue weighted by Crippen LogP contribution is -2.31. The molecule has 3 N–H and O–H groups in total. The number of hydrazine groups is 1. The molecule has 0 radical (unpaired) electrons. The van der Waals surface area contributed by atoms with Crippen LogP contribution in [0.15, 0.2) is 18.3 Å². The maximum Gasteiger partial charge on any atom is 0.284 e. The van der Waals surface area contributed by atoms with E-state index in [1.54, 1.807) is 25.3 Å². The van der Waals surface area contributed by atoms with Crippen LogP contribution in [0.1, 0.15) is 16.1 Å². The van der Waals surface area contributed by atoms with Crippen molar-refractivity contribution in [2.75, 3.05) is 0 Å². The van der Waals surface area contributed by atoms with Crippen molar-refractivity contribution >= 4 is 5.91 Å². The van der Waals surface area contributed by atoms with E-state index >= 15 is 0 Å². The second-order valence-corrected chi connectivity index (χ2v) is 2.14. The molecule has 11 heavy (non-hydrogen) atoms. The Hall–Kier alpha value is -1.42. The first-order valence-electron chi connectivity index (χ1n) is 3.18. The molecule has 0 aliphatic carbocycles. The van der Waals surface area contributed by atoms with Crippen LogP contribution < -0.4 is 11.3 Å². The summed E-state index contributed by atoms with van der Waals surface area (Å²) < 4.78 is 0. The van der Waals surface area contributed by atoms with Crippen LogP contribution in [-0.2, 0) is 0 Å². The van der Waals surface area contributed by atoms with Gasteiger partial charge in [0.1, 0.15) is 5.69 Å². The Morgan fingerprint density at radius 1 is 1.73 bits per heavy atom. The van der Waals surface area contributed by atoms with Gasteiger partial charge in [0, 0.05) is 6.20 Å². The smallest absolute Gasteiger partial charge is 0.284 e. The van der Waals surface area contributed by atoms with Gasteiger partial charge in [-0.25, -0.2) is 5.84 Å². The number of amides is 1. The molecule has 0 aromatic carbocycles. The van der Waals surface area contributed by atoms with Gasteiger partial charge in [0.25, 0.3) is 5.91 Å². The van der Waals surface area contributed by atoms with Crippen LogP contribution in [0.2, 0.25) is 0 Å². The molecule has 58 valence electrons. The van der Waals surface area contributed by atoms with Gasteiger partial charge < -0.3 is 0 Å². The second kappa shape index (κ2) is 3.12. The van der Waals surface area contributed by atoms with E-state index in [9.17, 15) is 4.79 Å². The molecule has 1 heterocycles. The molecular formula is C7H9N3O. The third-order valence-corrected chi connectivity index (χ3v) is 1.36. The fraction of sp³-hybridized carbons (Fsp3) is 0.143. The number of nitrogens with two attached hydrogens (primary N) is 1. The lowest BCUT2D eigenvalue weighted by molar-refractivity contribution is 0.0948. The molecule has 1 aromatic heterocycles. The van der Waals surface area contributed by atoms with Crippen molar-refractivity contribution in [1.29, 1.82) is 0 Å². The van der Waals surface area contributed by atoms with E-state index < -0.39 is 0 Å². The number of nitrogens with one attached hydrogen (secondary N) is 1. The number of pyridine rings is 1. The number of nitrogen functional groups attached to an aromatic ring is 1. The highest BCUT2D eigenvalue weighted by atomic mass is 16.2. The number of hydrogen-bond donors (Lipinski definition) is 2. The van der Waals surface area contributed by atoms with Crippen molar-refractivity contribution in [3.8, 4) is 0 Å². The summed E-state index contributed by atoms with van der Waals surface area (Å²) in [6.45, 7) is 1.80. The highest BCUT2D eigenvalue weighted by Gasteiger charge is 2.06. The van der Waals surface area contributed by atoms with Crippen molar-refractivity contribution in [2.45, 2.75) is 6.92 Å². The molecule has 0 saturated carbocycles. The van der Waals surface area contributed by atoms with Crippen LogP contribution in [0.4, 0.5) is 0 Å². The van der Waals surface area contributed by atoms with E-state index in [4.69, 9.17) is 5.84 Å². The molecule has 1 rings (SSSR count). The number of aromatic nitrogens is 1. The van der Waals surface area contributed by atoms with Gasteiger partial charge in [0.2, 0.25) is 0 Å². The van der Waals surface area contributed by atoms with Crippen LogP contribution in [0.25, 0.3) is 0 Å². The maximum atomic E-state index is 10.9. The summed E-state index contributed by atoms with van der Waals surface area (Å²) >= 11 is 0. The molecule has 0 spiro atoms. The quantitative estimate of drug-likeness (QED) is 0.337. The molecule has 4 nitrogen and oxygen atoms in total. The van der Waals surface area contributed by atoms with Gasteiger partial charge in [0.15, 0.2) is 0 Å². The fourth-order valence-electron chi connectivity index (χ4n) is 0.792. The van der Waals surface area contributed by atoms with Gasteiger partial charge in [-0.05, 0) is 18.6 Å². The summed E-state index contributed by atoms with van der Waals surface area (Å²) in [5.74, 6) is 4.58. The molecule has 0 fully saturated rings. The van der Waals surface area contributed by atoms with E-state index in [-0.39, 0.29) is 5.91 Å². The van der Waals surface area contributed by atoms with Gasteiger partial charge in [-0.2, -0.15) is 0 Å². The van der Waals surface area contributed by atoms with Crippen molar-refractivity contribution in [2.24, 2.45) is 5.84 Å². The molecule has 4 heteroatoms. The average Bonchev–Trinajstić information content (AvgIpc) is 2.04. The summed E-state index contributed by atoms with van der Waals surface area (Å²) in [7, 11) is 0. The van der Waals surface area contributed by atoms with Crippen molar-refractivity contribution in [1.82, 2.24) is 10.4 Å². The zero-order valence-electron chi connectivity index (χ0n) is 6.16. The summed E-state index contributed by atoms with van der Waals surface area (Å²) in [4.78, 5) is 14.8. The standard InChI is InChI=1S/C7H9N3O/c1-5-3-2-4-9-6(5)7(11)10-8/h2-4H,8H2,1H3,(H,10,11). The SMILES string of the molecule is Cc1cccnc1C(=O)NN. The molecule has 0 bridgehead atoms. The highest BCUT2D eigenvalue weighted by Crippen LogP contribution is 2.01. The first kappa shape index (κ1) is 7.68. The molecule has 0 unspecified atom stereocenters. The minimum atomic E-state index is -0.358. The molecule has 1 amide bonds. The van der Waals surface area contributed by atoms with E-state index in [1.807, 2.05) is 5.43 Å². The van der Waals surface area contributed by atoms with E-state index in [0.29, 0.717) is 5.69 Å². The van der Waals surface area contributed by atoms with Crippen LogP contribution in [0.5, 0.6) is 0 Å². The zero-order valence-corrected chi connectivity index (χ0v) is 6.16. The molecular weight excluding hydrogens is 142 g/mol. The largest absolute Gasteiger partial charge is 0.289 e.